The van der Waals surface area contributed by atoms with Crippen LogP contribution >= 0.6 is 0 Å². The van der Waals surface area contributed by atoms with E-state index in [1.807, 2.05) is 18.7 Å². The lowest BCUT2D eigenvalue weighted by Crippen LogP contribution is -2.41. The molecular formula is C14H28N4. The number of aryl methyl sites for hydroxylation is 1. The number of nitrogens with one attached hydrogen (secondary N) is 1. The third-order valence-corrected chi connectivity index (χ3v) is 3.20. The van der Waals surface area contributed by atoms with Crippen LogP contribution in [0.15, 0.2) is 18.7 Å². The highest BCUT2D eigenvalue weighted by Gasteiger charge is 2.11. The monoisotopic (exact) mass is 252 g/mol. The maximum Gasteiger partial charge on any atom is 0.0945 e. The second-order valence-corrected chi connectivity index (χ2v) is 5.33. The van der Waals surface area contributed by atoms with E-state index >= 15 is 0 Å². The van der Waals surface area contributed by atoms with Gasteiger partial charge in [0.1, 0.15) is 0 Å². The Balaban J connectivity index is 2.04. The van der Waals surface area contributed by atoms with Crippen molar-refractivity contribution >= 4 is 0 Å². The number of aromatic nitrogens is 2. The van der Waals surface area contributed by atoms with E-state index in [9.17, 15) is 0 Å². The van der Waals surface area contributed by atoms with Crippen LogP contribution in [-0.2, 0) is 6.54 Å². The van der Waals surface area contributed by atoms with Gasteiger partial charge >= 0.3 is 0 Å². The minimum absolute atomic E-state index is 0.623. The number of nitrogens with zero attached hydrogens (tertiary/aromatic N) is 3. The lowest BCUT2D eigenvalue weighted by atomic mass is 10.2. The molecule has 104 valence electrons. The van der Waals surface area contributed by atoms with Crippen molar-refractivity contribution in [1.82, 2.24) is 19.8 Å². The molecule has 0 unspecified atom stereocenters. The molecule has 0 fully saturated rings. The molecule has 0 spiro atoms. The van der Waals surface area contributed by atoms with Crippen LogP contribution in [-0.4, -0.2) is 46.2 Å². The van der Waals surface area contributed by atoms with Gasteiger partial charge in [0.05, 0.1) is 6.33 Å². The predicted octanol–water partition coefficient (Wildman–Crippen LogP) is 1.98. The summed E-state index contributed by atoms with van der Waals surface area (Å²) < 4.78 is 2.12. The highest BCUT2D eigenvalue weighted by Crippen LogP contribution is 2.03. The fraction of sp³-hybridized carbons (Fsp3) is 0.786. The highest BCUT2D eigenvalue weighted by molar-refractivity contribution is 4.74. The van der Waals surface area contributed by atoms with Crippen molar-refractivity contribution in [2.45, 2.75) is 52.7 Å². The SMILES string of the molecule is CC(C)N(CCNCCCn1ccnc1)C(C)C. The Morgan fingerprint density at radius 1 is 1.17 bits per heavy atom. The first-order chi connectivity index (χ1) is 8.61. The molecule has 0 bridgehead atoms. The first kappa shape index (κ1) is 15.2. The van der Waals surface area contributed by atoms with Gasteiger partial charge in [-0.3, -0.25) is 4.90 Å². The molecule has 0 atom stereocenters. The van der Waals surface area contributed by atoms with Crippen LogP contribution in [0.25, 0.3) is 0 Å². The quantitative estimate of drug-likeness (QED) is 0.682. The zero-order valence-corrected chi connectivity index (χ0v) is 12.3. The summed E-state index contributed by atoms with van der Waals surface area (Å²) in [6.07, 6.45) is 6.87. The predicted molar refractivity (Wildman–Crippen MR) is 76.7 cm³/mol. The van der Waals surface area contributed by atoms with E-state index in [1.54, 1.807) is 0 Å². The minimum atomic E-state index is 0.623. The molecule has 4 heteroatoms. The van der Waals surface area contributed by atoms with Gasteiger partial charge in [-0.25, -0.2) is 4.98 Å². The van der Waals surface area contributed by atoms with Gasteiger partial charge in [-0.05, 0) is 40.7 Å². The van der Waals surface area contributed by atoms with Crippen molar-refractivity contribution in [2.75, 3.05) is 19.6 Å². The van der Waals surface area contributed by atoms with E-state index in [0.29, 0.717) is 12.1 Å². The summed E-state index contributed by atoms with van der Waals surface area (Å²) in [6, 6.07) is 1.25. The van der Waals surface area contributed by atoms with E-state index in [0.717, 1.165) is 32.6 Å². The van der Waals surface area contributed by atoms with Gasteiger partial charge in [0, 0.05) is 44.1 Å². The van der Waals surface area contributed by atoms with E-state index < -0.39 is 0 Å². The summed E-state index contributed by atoms with van der Waals surface area (Å²) in [4.78, 5) is 6.55. The first-order valence-electron chi connectivity index (χ1n) is 7.03. The van der Waals surface area contributed by atoms with E-state index in [1.165, 1.54) is 0 Å². The Labute approximate surface area is 111 Å². The van der Waals surface area contributed by atoms with Gasteiger partial charge in [-0.2, -0.15) is 0 Å². The molecule has 0 aliphatic heterocycles. The number of rotatable bonds is 9. The maximum absolute atomic E-state index is 4.04. The first-order valence-corrected chi connectivity index (χ1v) is 7.03. The summed E-state index contributed by atoms with van der Waals surface area (Å²) in [5, 5.41) is 3.51. The Morgan fingerprint density at radius 2 is 1.89 bits per heavy atom. The average molecular weight is 252 g/mol. The van der Waals surface area contributed by atoms with Crippen molar-refractivity contribution in [1.29, 1.82) is 0 Å². The second-order valence-electron chi connectivity index (χ2n) is 5.33. The van der Waals surface area contributed by atoms with Crippen molar-refractivity contribution in [3.05, 3.63) is 18.7 Å². The summed E-state index contributed by atoms with van der Waals surface area (Å²) >= 11 is 0. The Morgan fingerprint density at radius 3 is 2.44 bits per heavy atom. The van der Waals surface area contributed by atoms with Crippen molar-refractivity contribution < 1.29 is 0 Å². The average Bonchev–Trinajstić information content (AvgIpc) is 2.79. The third-order valence-electron chi connectivity index (χ3n) is 3.20. The smallest absolute Gasteiger partial charge is 0.0945 e. The van der Waals surface area contributed by atoms with Crippen LogP contribution in [0.4, 0.5) is 0 Å². The topological polar surface area (TPSA) is 33.1 Å². The molecule has 1 rings (SSSR count). The molecule has 0 aliphatic carbocycles. The summed E-state index contributed by atoms with van der Waals surface area (Å²) in [7, 11) is 0. The summed E-state index contributed by atoms with van der Waals surface area (Å²) in [5.74, 6) is 0. The normalized spacial score (nSPS) is 11.9. The van der Waals surface area contributed by atoms with Gasteiger partial charge in [0.25, 0.3) is 0 Å². The standard InChI is InChI=1S/C14H28N4/c1-13(2)18(14(3)4)11-8-15-6-5-9-17-10-7-16-12-17/h7,10,12-15H,5-6,8-9,11H2,1-4H3. The van der Waals surface area contributed by atoms with Crippen LogP contribution in [0.2, 0.25) is 0 Å². The Kier molecular flexibility index (Phi) is 6.98. The fourth-order valence-corrected chi connectivity index (χ4v) is 2.25. The molecule has 1 N–H and O–H groups in total. The Bertz CT molecular complexity index is 285. The maximum atomic E-state index is 4.04. The van der Waals surface area contributed by atoms with Crippen molar-refractivity contribution in [3.8, 4) is 0 Å². The third kappa shape index (κ3) is 5.65. The molecule has 0 aliphatic rings. The Hall–Kier alpha value is -0.870. The molecular weight excluding hydrogens is 224 g/mol. The van der Waals surface area contributed by atoms with Crippen molar-refractivity contribution in [2.24, 2.45) is 0 Å². The minimum Gasteiger partial charge on any atom is -0.337 e. The molecule has 4 nitrogen and oxygen atoms in total. The molecule has 0 radical (unpaired) electrons. The van der Waals surface area contributed by atoms with Crippen LogP contribution in [0.3, 0.4) is 0 Å². The second kappa shape index (κ2) is 8.27. The van der Waals surface area contributed by atoms with Crippen molar-refractivity contribution in [3.63, 3.8) is 0 Å². The van der Waals surface area contributed by atoms with Gasteiger partial charge in [-0.1, -0.05) is 0 Å². The van der Waals surface area contributed by atoms with Gasteiger partial charge in [-0.15, -0.1) is 0 Å². The molecule has 0 saturated heterocycles. The zero-order valence-electron chi connectivity index (χ0n) is 12.3. The van der Waals surface area contributed by atoms with Gasteiger partial charge in [0.15, 0.2) is 0 Å². The van der Waals surface area contributed by atoms with Crippen LogP contribution < -0.4 is 5.32 Å². The lowest BCUT2D eigenvalue weighted by molar-refractivity contribution is 0.176. The molecule has 18 heavy (non-hydrogen) atoms. The molecule has 1 aromatic heterocycles. The van der Waals surface area contributed by atoms with E-state index in [4.69, 9.17) is 0 Å². The number of hydrogen-bond donors (Lipinski definition) is 1. The molecule has 0 aromatic carbocycles. The fourth-order valence-electron chi connectivity index (χ4n) is 2.25. The number of imidazole rings is 1. The van der Waals surface area contributed by atoms with E-state index in [2.05, 4.69) is 47.5 Å². The largest absolute Gasteiger partial charge is 0.337 e. The van der Waals surface area contributed by atoms with Crippen LogP contribution in [0.5, 0.6) is 0 Å². The molecule has 1 aromatic rings. The summed E-state index contributed by atoms with van der Waals surface area (Å²) in [5.41, 5.74) is 0. The van der Waals surface area contributed by atoms with Gasteiger partial charge < -0.3 is 9.88 Å². The van der Waals surface area contributed by atoms with Crippen LogP contribution in [0.1, 0.15) is 34.1 Å². The summed E-state index contributed by atoms with van der Waals surface area (Å²) in [6.45, 7) is 13.4. The van der Waals surface area contributed by atoms with Gasteiger partial charge in [0.2, 0.25) is 0 Å². The van der Waals surface area contributed by atoms with Crippen LogP contribution in [0, 0.1) is 0 Å². The molecule has 0 amide bonds. The highest BCUT2D eigenvalue weighted by atomic mass is 15.2. The molecule has 0 saturated carbocycles. The lowest BCUT2D eigenvalue weighted by Gasteiger charge is -2.30. The molecule has 1 heterocycles. The number of hydrogen-bond acceptors (Lipinski definition) is 3. The van der Waals surface area contributed by atoms with E-state index in [-0.39, 0.29) is 0 Å². The zero-order chi connectivity index (χ0) is 13.4.